The van der Waals surface area contributed by atoms with Crippen molar-refractivity contribution in [3.05, 3.63) is 64.5 Å². The van der Waals surface area contributed by atoms with E-state index >= 15 is 0 Å². The van der Waals surface area contributed by atoms with Crippen LogP contribution in [-0.4, -0.2) is 27.4 Å². The van der Waals surface area contributed by atoms with E-state index in [0.717, 1.165) is 5.56 Å². The van der Waals surface area contributed by atoms with E-state index in [1.165, 1.54) is 6.26 Å². The van der Waals surface area contributed by atoms with Gasteiger partial charge in [0, 0.05) is 18.4 Å². The lowest BCUT2D eigenvalue weighted by atomic mass is 10.0. The molecule has 0 radical (unpaired) electrons. The number of nitrogens with one attached hydrogen (secondary N) is 1. The molecule has 6 nitrogen and oxygen atoms in total. The van der Waals surface area contributed by atoms with Crippen molar-refractivity contribution in [3.63, 3.8) is 0 Å². The van der Waals surface area contributed by atoms with Crippen LogP contribution in [0.1, 0.15) is 18.4 Å². The zero-order valence-electron chi connectivity index (χ0n) is 15.8. The van der Waals surface area contributed by atoms with Gasteiger partial charge in [-0.25, -0.2) is 8.42 Å². The minimum atomic E-state index is -3.32. The first-order valence-electron chi connectivity index (χ1n) is 9.13. The summed E-state index contributed by atoms with van der Waals surface area (Å²) >= 11 is 0. The lowest BCUT2D eigenvalue weighted by Gasteiger charge is -2.08. The number of benzene rings is 2. The fourth-order valence-corrected chi connectivity index (χ4v) is 4.35. The Balaban J connectivity index is 1.62. The first kappa shape index (κ1) is 19.2. The van der Waals surface area contributed by atoms with E-state index in [9.17, 15) is 13.2 Å². The summed E-state index contributed by atoms with van der Waals surface area (Å²) in [6, 6.07) is 11.9. The maximum Gasteiger partial charge on any atom is 0.235 e. The number of ether oxygens (including phenoxy) is 1. The van der Waals surface area contributed by atoms with Crippen molar-refractivity contribution in [3.8, 4) is 23.0 Å². The summed E-state index contributed by atoms with van der Waals surface area (Å²) in [6.07, 6.45) is 2.82. The summed E-state index contributed by atoms with van der Waals surface area (Å²) in [6.45, 7) is 0.327. The van der Waals surface area contributed by atoms with Gasteiger partial charge in [-0.05, 0) is 48.7 Å². The Labute approximate surface area is 168 Å². The predicted octanol–water partition coefficient (Wildman–Crippen LogP) is 3.36. The van der Waals surface area contributed by atoms with E-state index in [1.807, 2.05) is 0 Å². The average Bonchev–Trinajstić information content (AvgIpc) is 3.55. The number of fused-ring (bicyclic) bond motifs is 1. The van der Waals surface area contributed by atoms with Gasteiger partial charge in [0.05, 0.1) is 16.2 Å². The van der Waals surface area contributed by atoms with Crippen LogP contribution in [0.25, 0.3) is 22.1 Å². The predicted molar refractivity (Wildman–Crippen MR) is 112 cm³/mol. The molecule has 29 heavy (non-hydrogen) atoms. The molecule has 0 atom stereocenters. The molecule has 1 aliphatic rings. The van der Waals surface area contributed by atoms with E-state index in [1.54, 1.807) is 49.6 Å². The molecule has 148 valence electrons. The van der Waals surface area contributed by atoms with Gasteiger partial charge in [-0.1, -0.05) is 24.0 Å². The summed E-state index contributed by atoms with van der Waals surface area (Å²) in [5.41, 5.74) is 2.57. The van der Waals surface area contributed by atoms with Crippen molar-refractivity contribution in [2.75, 3.05) is 18.4 Å². The van der Waals surface area contributed by atoms with E-state index < -0.39 is 10.0 Å². The topological polar surface area (TPSA) is 85.6 Å². The summed E-state index contributed by atoms with van der Waals surface area (Å²) in [7, 11) is -1.74. The van der Waals surface area contributed by atoms with Crippen molar-refractivity contribution in [1.29, 1.82) is 0 Å². The molecule has 7 heteroatoms. The average molecular weight is 409 g/mol. The molecule has 1 heterocycles. The molecule has 0 spiro atoms. The summed E-state index contributed by atoms with van der Waals surface area (Å²) in [5.74, 6) is 5.81. The van der Waals surface area contributed by atoms with Crippen LogP contribution in [0.4, 0.5) is 5.69 Å². The quantitative estimate of drug-likeness (QED) is 0.653. The molecule has 0 bridgehead atoms. The Hall–Kier alpha value is -3.08. The second kappa shape index (κ2) is 7.74. The molecule has 4 rings (SSSR count). The monoisotopic (exact) mass is 409 g/mol. The molecular weight excluding hydrogens is 390 g/mol. The highest BCUT2D eigenvalue weighted by Gasteiger charge is 2.35. The third-order valence-corrected chi connectivity index (χ3v) is 6.51. The second-order valence-electron chi connectivity index (χ2n) is 6.85. The molecule has 1 fully saturated rings. The minimum Gasteiger partial charge on any atom is -0.463 e. The van der Waals surface area contributed by atoms with Crippen LogP contribution in [0, 0.1) is 11.8 Å². The molecule has 0 saturated heterocycles. The van der Waals surface area contributed by atoms with Gasteiger partial charge in [-0.3, -0.25) is 9.52 Å². The van der Waals surface area contributed by atoms with Gasteiger partial charge >= 0.3 is 0 Å². The maximum atomic E-state index is 12.9. The number of methoxy groups -OCH3 is 1. The largest absolute Gasteiger partial charge is 0.463 e. The number of hydrogen-bond donors (Lipinski definition) is 1. The Morgan fingerprint density at radius 1 is 1.17 bits per heavy atom. The highest BCUT2D eigenvalue weighted by molar-refractivity contribution is 7.93. The van der Waals surface area contributed by atoms with Crippen molar-refractivity contribution in [2.24, 2.45) is 0 Å². The van der Waals surface area contributed by atoms with Gasteiger partial charge in [0.25, 0.3) is 0 Å². The lowest BCUT2D eigenvalue weighted by molar-refractivity contribution is 0.240. The summed E-state index contributed by atoms with van der Waals surface area (Å²) in [4.78, 5) is 12.9. The molecule has 1 saturated carbocycles. The molecule has 1 aromatic heterocycles. The number of hydrogen-bond acceptors (Lipinski definition) is 5. The summed E-state index contributed by atoms with van der Waals surface area (Å²) in [5, 5.41) is 0.164. The molecule has 1 aliphatic carbocycles. The molecule has 0 unspecified atom stereocenters. The fourth-order valence-electron chi connectivity index (χ4n) is 2.96. The fraction of sp³-hybridized carbons (Fsp3) is 0.227. The van der Waals surface area contributed by atoms with Crippen LogP contribution in [0.3, 0.4) is 0 Å². The second-order valence-corrected chi connectivity index (χ2v) is 8.81. The van der Waals surface area contributed by atoms with Crippen molar-refractivity contribution < 1.29 is 17.6 Å². The van der Waals surface area contributed by atoms with Gasteiger partial charge in [0.15, 0.2) is 5.43 Å². The SMILES string of the molecule is COCC#Cc1ccc2c(=O)c(-c3ccc(NS(=O)(=O)C4CC4)cc3)coc2c1. The van der Waals surface area contributed by atoms with Gasteiger partial charge in [0.1, 0.15) is 18.5 Å². The number of rotatable bonds is 5. The Kier molecular flexibility index (Phi) is 5.14. The highest BCUT2D eigenvalue weighted by atomic mass is 32.2. The molecule has 0 amide bonds. The van der Waals surface area contributed by atoms with Crippen molar-refractivity contribution in [2.45, 2.75) is 18.1 Å². The van der Waals surface area contributed by atoms with Crippen LogP contribution in [-0.2, 0) is 14.8 Å². The zero-order valence-corrected chi connectivity index (χ0v) is 16.6. The van der Waals surface area contributed by atoms with E-state index in [0.29, 0.717) is 47.2 Å². The van der Waals surface area contributed by atoms with Gasteiger partial charge in [-0.2, -0.15) is 0 Å². The van der Waals surface area contributed by atoms with Crippen LogP contribution < -0.4 is 10.2 Å². The molecule has 2 aromatic carbocycles. The molecule has 1 N–H and O–H groups in total. The molecular formula is C22H19NO5S. The third kappa shape index (κ3) is 4.19. The smallest absolute Gasteiger partial charge is 0.235 e. The minimum absolute atomic E-state index is 0.158. The normalized spacial score (nSPS) is 13.7. The van der Waals surface area contributed by atoms with Crippen LogP contribution in [0.2, 0.25) is 0 Å². The first-order chi connectivity index (χ1) is 14.0. The Morgan fingerprint density at radius 2 is 1.93 bits per heavy atom. The van der Waals surface area contributed by atoms with Gasteiger partial charge in [-0.15, -0.1) is 0 Å². The van der Waals surface area contributed by atoms with Crippen LogP contribution in [0.15, 0.2) is 57.9 Å². The van der Waals surface area contributed by atoms with E-state index in [4.69, 9.17) is 9.15 Å². The Bertz CT molecular complexity index is 1280. The number of sulfonamides is 1. The van der Waals surface area contributed by atoms with Gasteiger partial charge < -0.3 is 9.15 Å². The standard InChI is InChI=1S/C22H19NO5S/c1-27-12-2-3-15-4-11-19-21(13-15)28-14-20(22(19)24)16-5-7-17(8-6-16)23-29(25,26)18-9-10-18/h4-8,11,13-14,18,23H,9-10,12H2,1H3. The van der Waals surface area contributed by atoms with Crippen LogP contribution >= 0.6 is 0 Å². The molecule has 0 aliphatic heterocycles. The van der Waals surface area contributed by atoms with E-state index in [2.05, 4.69) is 16.6 Å². The third-order valence-electron chi connectivity index (χ3n) is 4.64. The summed E-state index contributed by atoms with van der Waals surface area (Å²) < 4.78 is 37.2. The van der Waals surface area contributed by atoms with Crippen LogP contribution in [0.5, 0.6) is 0 Å². The first-order valence-corrected chi connectivity index (χ1v) is 10.7. The highest BCUT2D eigenvalue weighted by Crippen LogP contribution is 2.30. The zero-order chi connectivity index (χ0) is 20.4. The number of anilines is 1. The van der Waals surface area contributed by atoms with Crippen molar-refractivity contribution >= 4 is 26.7 Å². The Morgan fingerprint density at radius 3 is 2.62 bits per heavy atom. The lowest BCUT2D eigenvalue weighted by Crippen LogP contribution is -2.17. The maximum absolute atomic E-state index is 12.9. The van der Waals surface area contributed by atoms with E-state index in [-0.39, 0.29) is 10.7 Å². The molecule has 3 aromatic rings. The van der Waals surface area contributed by atoms with Crippen molar-refractivity contribution in [1.82, 2.24) is 0 Å². The van der Waals surface area contributed by atoms with Gasteiger partial charge in [0.2, 0.25) is 10.0 Å².